The number of nitro groups is 1. The van der Waals surface area contributed by atoms with Crippen molar-refractivity contribution < 1.29 is 4.92 Å². The third kappa shape index (κ3) is 3.15. The van der Waals surface area contributed by atoms with Crippen molar-refractivity contribution in [2.45, 2.75) is 46.1 Å². The molecule has 0 bridgehead atoms. The molecule has 1 aliphatic rings. The highest BCUT2D eigenvalue weighted by atomic mass is 16.6. The second kappa shape index (κ2) is 5.22. The topological polar surface area (TPSA) is 107 Å². The molecule has 2 rings (SSSR count). The minimum atomic E-state index is -0.533. The SMILES string of the molecule is C[C@H]1C[C@H](Nc2ncnc(N)c2[N+](=O)[O-])CC(C)(C)C1. The lowest BCUT2D eigenvalue weighted by Gasteiger charge is -2.39. The number of nitrogens with two attached hydrogens (primary N) is 1. The maximum absolute atomic E-state index is 11.1. The van der Waals surface area contributed by atoms with Gasteiger partial charge in [0.1, 0.15) is 6.33 Å². The van der Waals surface area contributed by atoms with Crippen LogP contribution in [0.15, 0.2) is 6.33 Å². The van der Waals surface area contributed by atoms with Crippen molar-refractivity contribution in [3.63, 3.8) is 0 Å². The van der Waals surface area contributed by atoms with Crippen molar-refractivity contribution >= 4 is 17.3 Å². The average Bonchev–Trinajstić information content (AvgIpc) is 2.25. The van der Waals surface area contributed by atoms with Crippen molar-refractivity contribution in [1.29, 1.82) is 0 Å². The van der Waals surface area contributed by atoms with E-state index in [1.54, 1.807) is 0 Å². The van der Waals surface area contributed by atoms with Crippen LogP contribution in [-0.2, 0) is 0 Å². The lowest BCUT2D eigenvalue weighted by Crippen LogP contribution is -2.36. The van der Waals surface area contributed by atoms with Crippen molar-refractivity contribution in [3.8, 4) is 0 Å². The van der Waals surface area contributed by atoms with E-state index >= 15 is 0 Å². The standard InChI is InChI=1S/C13H21N5O2/c1-8-4-9(6-13(2,3)5-8)17-12-10(18(19)20)11(14)15-7-16-12/h7-9H,4-6H2,1-3H3,(H3,14,15,16,17)/t8-,9-/m0/s1. The van der Waals surface area contributed by atoms with Crippen LogP contribution in [0, 0.1) is 21.4 Å². The molecule has 2 atom stereocenters. The zero-order chi connectivity index (χ0) is 14.9. The molecule has 1 saturated carbocycles. The summed E-state index contributed by atoms with van der Waals surface area (Å²) in [5.41, 5.74) is 5.57. The molecule has 20 heavy (non-hydrogen) atoms. The number of nitrogen functional groups attached to an aromatic ring is 1. The molecule has 1 aliphatic carbocycles. The van der Waals surface area contributed by atoms with Crippen molar-refractivity contribution in [2.75, 3.05) is 11.1 Å². The average molecular weight is 279 g/mol. The molecule has 0 unspecified atom stereocenters. The van der Waals surface area contributed by atoms with E-state index < -0.39 is 4.92 Å². The number of nitrogens with zero attached hydrogens (tertiary/aromatic N) is 3. The van der Waals surface area contributed by atoms with Gasteiger partial charge in [-0.3, -0.25) is 10.1 Å². The normalized spacial score (nSPS) is 25.1. The molecule has 0 aromatic carbocycles. The Balaban J connectivity index is 2.22. The molecule has 0 aliphatic heterocycles. The van der Waals surface area contributed by atoms with Crippen LogP contribution in [0.5, 0.6) is 0 Å². The third-order valence-electron chi connectivity index (χ3n) is 3.76. The number of nitrogens with one attached hydrogen (secondary N) is 1. The summed E-state index contributed by atoms with van der Waals surface area (Å²) in [6.07, 6.45) is 4.35. The highest BCUT2D eigenvalue weighted by Crippen LogP contribution is 2.40. The van der Waals surface area contributed by atoms with Crippen molar-refractivity contribution in [3.05, 3.63) is 16.4 Å². The van der Waals surface area contributed by atoms with Gasteiger partial charge in [0.2, 0.25) is 11.6 Å². The minimum Gasteiger partial charge on any atom is -0.378 e. The second-order valence-electron chi connectivity index (χ2n) is 6.47. The van der Waals surface area contributed by atoms with Crippen LogP contribution in [-0.4, -0.2) is 20.9 Å². The van der Waals surface area contributed by atoms with Gasteiger partial charge in [0.15, 0.2) is 0 Å². The molecular weight excluding hydrogens is 258 g/mol. The summed E-state index contributed by atoms with van der Waals surface area (Å²) in [6, 6.07) is 0.168. The van der Waals surface area contributed by atoms with Gasteiger partial charge in [-0.15, -0.1) is 0 Å². The molecule has 1 fully saturated rings. The van der Waals surface area contributed by atoms with E-state index in [1.165, 1.54) is 12.7 Å². The van der Waals surface area contributed by atoms with Crippen LogP contribution in [0.25, 0.3) is 0 Å². The van der Waals surface area contributed by atoms with E-state index in [4.69, 9.17) is 5.73 Å². The van der Waals surface area contributed by atoms with Gasteiger partial charge in [-0.1, -0.05) is 20.8 Å². The van der Waals surface area contributed by atoms with Crippen LogP contribution in [0.2, 0.25) is 0 Å². The Morgan fingerprint density at radius 2 is 2.15 bits per heavy atom. The smallest absolute Gasteiger partial charge is 0.352 e. The maximum atomic E-state index is 11.1. The molecule has 7 heteroatoms. The number of aromatic nitrogens is 2. The van der Waals surface area contributed by atoms with Crippen LogP contribution in [0.1, 0.15) is 40.0 Å². The fourth-order valence-electron chi connectivity index (χ4n) is 3.33. The lowest BCUT2D eigenvalue weighted by molar-refractivity contribution is -0.383. The summed E-state index contributed by atoms with van der Waals surface area (Å²) in [5, 5.41) is 14.3. The largest absolute Gasteiger partial charge is 0.378 e. The second-order valence-corrected chi connectivity index (χ2v) is 6.47. The number of hydrogen-bond donors (Lipinski definition) is 2. The molecule has 1 aromatic rings. The molecule has 0 radical (unpaired) electrons. The Bertz CT molecular complexity index is 517. The summed E-state index contributed by atoms with van der Waals surface area (Å²) >= 11 is 0. The third-order valence-corrected chi connectivity index (χ3v) is 3.76. The molecule has 1 heterocycles. The van der Waals surface area contributed by atoms with Crippen LogP contribution >= 0.6 is 0 Å². The fourth-order valence-corrected chi connectivity index (χ4v) is 3.33. The molecular formula is C13H21N5O2. The Morgan fingerprint density at radius 1 is 1.45 bits per heavy atom. The zero-order valence-electron chi connectivity index (χ0n) is 12.1. The molecule has 110 valence electrons. The van der Waals surface area contributed by atoms with Crippen molar-refractivity contribution in [2.24, 2.45) is 11.3 Å². The highest BCUT2D eigenvalue weighted by molar-refractivity contribution is 5.67. The van der Waals surface area contributed by atoms with Crippen LogP contribution < -0.4 is 11.1 Å². The molecule has 7 nitrogen and oxygen atoms in total. The van der Waals surface area contributed by atoms with E-state index in [0.717, 1.165) is 12.8 Å². The number of hydrogen-bond acceptors (Lipinski definition) is 6. The van der Waals surface area contributed by atoms with Gasteiger partial charge in [0.05, 0.1) is 4.92 Å². The monoisotopic (exact) mass is 279 g/mol. The highest BCUT2D eigenvalue weighted by Gasteiger charge is 2.33. The first-order valence-corrected chi connectivity index (χ1v) is 6.80. The first kappa shape index (κ1) is 14.5. The Kier molecular flexibility index (Phi) is 3.78. The van der Waals surface area contributed by atoms with Crippen LogP contribution in [0.3, 0.4) is 0 Å². The Hall–Kier alpha value is -1.92. The molecule has 3 N–H and O–H groups in total. The molecule has 0 amide bonds. The maximum Gasteiger partial charge on any atom is 0.352 e. The van der Waals surface area contributed by atoms with E-state index in [9.17, 15) is 10.1 Å². The van der Waals surface area contributed by atoms with E-state index in [2.05, 4.69) is 36.1 Å². The number of anilines is 2. The molecule has 1 aromatic heterocycles. The first-order chi connectivity index (χ1) is 9.28. The van der Waals surface area contributed by atoms with E-state index in [1.807, 2.05) is 0 Å². The van der Waals surface area contributed by atoms with Crippen molar-refractivity contribution in [1.82, 2.24) is 9.97 Å². The summed E-state index contributed by atoms with van der Waals surface area (Å²) in [6.45, 7) is 6.65. The van der Waals surface area contributed by atoms with Gasteiger partial charge in [0.25, 0.3) is 0 Å². The quantitative estimate of drug-likeness (QED) is 0.650. The minimum absolute atomic E-state index is 0.101. The summed E-state index contributed by atoms with van der Waals surface area (Å²) in [5.74, 6) is 0.697. The predicted molar refractivity (Wildman–Crippen MR) is 77.3 cm³/mol. The first-order valence-electron chi connectivity index (χ1n) is 6.80. The van der Waals surface area contributed by atoms with Gasteiger partial charge in [-0.25, -0.2) is 9.97 Å². The van der Waals surface area contributed by atoms with Gasteiger partial charge in [-0.2, -0.15) is 0 Å². The zero-order valence-corrected chi connectivity index (χ0v) is 12.1. The van der Waals surface area contributed by atoms with E-state index in [-0.39, 0.29) is 28.8 Å². The van der Waals surface area contributed by atoms with Gasteiger partial charge >= 0.3 is 5.69 Å². The Morgan fingerprint density at radius 3 is 2.75 bits per heavy atom. The molecule has 0 saturated heterocycles. The predicted octanol–water partition coefficient (Wildman–Crippen LogP) is 2.59. The molecule has 0 spiro atoms. The number of rotatable bonds is 3. The van der Waals surface area contributed by atoms with Gasteiger partial charge in [-0.05, 0) is 30.6 Å². The van der Waals surface area contributed by atoms with Gasteiger partial charge in [0, 0.05) is 6.04 Å². The summed E-state index contributed by atoms with van der Waals surface area (Å²) in [4.78, 5) is 18.2. The fraction of sp³-hybridized carbons (Fsp3) is 0.692. The summed E-state index contributed by atoms with van der Waals surface area (Å²) < 4.78 is 0. The lowest BCUT2D eigenvalue weighted by atomic mass is 9.70. The van der Waals surface area contributed by atoms with Gasteiger partial charge < -0.3 is 11.1 Å². The Labute approximate surface area is 118 Å². The summed E-state index contributed by atoms with van der Waals surface area (Å²) in [7, 11) is 0. The van der Waals surface area contributed by atoms with E-state index in [0.29, 0.717) is 5.92 Å². The van der Waals surface area contributed by atoms with Crippen LogP contribution in [0.4, 0.5) is 17.3 Å².